The van der Waals surface area contributed by atoms with E-state index in [2.05, 4.69) is 25.0 Å². The van der Waals surface area contributed by atoms with Gasteiger partial charge in [-0.25, -0.2) is 23.1 Å². The zero-order chi connectivity index (χ0) is 25.1. The molecule has 35 heavy (non-hydrogen) atoms. The third-order valence-electron chi connectivity index (χ3n) is 5.05. The molecule has 4 rings (SSSR count). The third-order valence-corrected chi connectivity index (χ3v) is 6.80. The van der Waals surface area contributed by atoms with E-state index in [1.807, 2.05) is 0 Å². The average molecular weight is 522 g/mol. The first-order chi connectivity index (χ1) is 16.7. The van der Waals surface area contributed by atoms with E-state index in [0.717, 1.165) is 6.07 Å². The summed E-state index contributed by atoms with van der Waals surface area (Å²) >= 11 is 5.58. The van der Waals surface area contributed by atoms with E-state index < -0.39 is 21.8 Å². The summed E-state index contributed by atoms with van der Waals surface area (Å²) in [7, 11) is -3.65. The molecule has 0 aliphatic carbocycles. The Morgan fingerprint density at radius 2 is 1.74 bits per heavy atom. The average Bonchev–Trinajstić information content (AvgIpc) is 2.84. The number of pyridine rings is 1. The maximum absolute atomic E-state index is 13.4. The number of rotatable bonds is 8. The topological polar surface area (TPSA) is 96.9 Å². The molecule has 2 aromatic carbocycles. The van der Waals surface area contributed by atoms with Crippen LogP contribution in [0.4, 0.5) is 24.7 Å². The van der Waals surface area contributed by atoms with Crippen molar-refractivity contribution in [2.24, 2.45) is 0 Å². The maximum Gasteiger partial charge on any atom is 0.418 e. The summed E-state index contributed by atoms with van der Waals surface area (Å²) in [5.74, 6) is 0.764. The minimum Gasteiger partial charge on any atom is -0.340 e. The molecule has 2 N–H and O–H groups in total. The van der Waals surface area contributed by atoms with Crippen molar-refractivity contribution in [2.45, 2.75) is 17.5 Å². The van der Waals surface area contributed by atoms with Gasteiger partial charge in [0.2, 0.25) is 10.0 Å². The van der Waals surface area contributed by atoms with Gasteiger partial charge in [-0.05, 0) is 55.0 Å². The molecule has 0 aliphatic rings. The van der Waals surface area contributed by atoms with E-state index in [1.165, 1.54) is 42.9 Å². The number of nitrogens with one attached hydrogen (secondary N) is 2. The van der Waals surface area contributed by atoms with Crippen LogP contribution in [0.2, 0.25) is 0 Å². The van der Waals surface area contributed by atoms with Crippen LogP contribution in [0, 0.1) is 0 Å². The number of hydrogen-bond donors (Lipinski definition) is 2. The molecule has 0 fully saturated rings. The van der Waals surface area contributed by atoms with Crippen LogP contribution in [0.15, 0.2) is 72.0 Å². The second-order valence-corrected chi connectivity index (χ2v) is 9.59. The van der Waals surface area contributed by atoms with E-state index in [9.17, 15) is 21.6 Å². The van der Waals surface area contributed by atoms with Crippen molar-refractivity contribution >= 4 is 44.0 Å². The predicted octanol–water partition coefficient (Wildman–Crippen LogP) is 5.36. The van der Waals surface area contributed by atoms with Gasteiger partial charge in [0, 0.05) is 35.3 Å². The summed E-state index contributed by atoms with van der Waals surface area (Å²) in [6.45, 7) is 0.240. The highest BCUT2D eigenvalue weighted by molar-refractivity contribution is 7.89. The normalized spacial score (nSPS) is 12.1. The molecule has 12 heteroatoms. The van der Waals surface area contributed by atoms with Crippen LogP contribution in [0.25, 0.3) is 22.2 Å². The molecular weight excluding hydrogens is 503 g/mol. The minimum atomic E-state index is -4.55. The first kappa shape index (κ1) is 24.8. The molecule has 0 radical (unpaired) electrons. The van der Waals surface area contributed by atoms with Gasteiger partial charge in [-0.15, -0.1) is 11.6 Å². The standard InChI is InChI=1S/C23H19ClF3N5O2S/c24-10-2-12-31-35(33,34)17-7-5-16(6-8-17)32-22-18-9-4-15(13-20(18)29-14-30-22)21-19(23(25,26)27)3-1-11-28-21/h1,3-9,11,13-14,31H,2,10,12H2,(H,29,30,32). The smallest absolute Gasteiger partial charge is 0.340 e. The molecule has 0 amide bonds. The Hall–Kier alpha value is -3.28. The van der Waals surface area contributed by atoms with Crippen LogP contribution in [0.5, 0.6) is 0 Å². The molecule has 0 spiro atoms. The molecule has 182 valence electrons. The summed E-state index contributed by atoms with van der Waals surface area (Å²) in [5, 5.41) is 3.66. The van der Waals surface area contributed by atoms with Gasteiger partial charge in [0.25, 0.3) is 0 Å². The molecule has 7 nitrogen and oxygen atoms in total. The number of nitrogens with zero attached hydrogens (tertiary/aromatic N) is 3. The number of alkyl halides is 4. The van der Waals surface area contributed by atoms with E-state index in [1.54, 1.807) is 18.2 Å². The number of sulfonamides is 1. The monoisotopic (exact) mass is 521 g/mol. The SMILES string of the molecule is O=S(=O)(NCCCCl)c1ccc(Nc2ncnc3cc(-c4ncccc4C(F)(F)F)ccc23)cc1. The first-order valence-electron chi connectivity index (χ1n) is 10.4. The molecular formula is C23H19ClF3N5O2S. The van der Waals surface area contributed by atoms with Gasteiger partial charge in [0.05, 0.1) is 21.7 Å². The fraction of sp³-hybridized carbons (Fsp3) is 0.174. The van der Waals surface area contributed by atoms with Crippen LogP contribution < -0.4 is 10.0 Å². The van der Waals surface area contributed by atoms with Gasteiger partial charge < -0.3 is 5.32 Å². The van der Waals surface area contributed by atoms with Crippen molar-refractivity contribution in [1.82, 2.24) is 19.7 Å². The van der Waals surface area contributed by atoms with Gasteiger partial charge in [0.15, 0.2) is 0 Å². The fourth-order valence-electron chi connectivity index (χ4n) is 3.38. The molecule has 4 aromatic rings. The predicted molar refractivity (Wildman–Crippen MR) is 128 cm³/mol. The Balaban J connectivity index is 1.60. The highest BCUT2D eigenvalue weighted by Gasteiger charge is 2.34. The lowest BCUT2D eigenvalue weighted by Gasteiger charge is -2.13. The number of anilines is 2. The number of aromatic nitrogens is 3. The van der Waals surface area contributed by atoms with Crippen LogP contribution in [0.3, 0.4) is 0 Å². The van der Waals surface area contributed by atoms with Gasteiger partial charge in [-0.3, -0.25) is 4.98 Å². The summed E-state index contributed by atoms with van der Waals surface area (Å²) in [6.07, 6.45) is -1.44. The largest absolute Gasteiger partial charge is 0.418 e. The maximum atomic E-state index is 13.4. The molecule has 0 unspecified atom stereocenters. The zero-order valence-electron chi connectivity index (χ0n) is 18.1. The zero-order valence-corrected chi connectivity index (χ0v) is 19.6. The van der Waals surface area contributed by atoms with Crippen molar-refractivity contribution in [3.05, 3.63) is 72.7 Å². The van der Waals surface area contributed by atoms with Crippen LogP contribution in [0.1, 0.15) is 12.0 Å². The quantitative estimate of drug-likeness (QED) is 0.239. The van der Waals surface area contributed by atoms with Crippen molar-refractivity contribution < 1.29 is 21.6 Å². The van der Waals surface area contributed by atoms with Gasteiger partial charge >= 0.3 is 6.18 Å². The highest BCUT2D eigenvalue weighted by atomic mass is 35.5. The third kappa shape index (κ3) is 5.69. The van der Waals surface area contributed by atoms with Crippen molar-refractivity contribution in [3.8, 4) is 11.3 Å². The summed E-state index contributed by atoms with van der Waals surface area (Å²) in [6, 6.07) is 12.9. The molecule has 0 atom stereocenters. The number of fused-ring (bicyclic) bond motifs is 1. The van der Waals surface area contributed by atoms with Gasteiger partial charge in [0.1, 0.15) is 12.1 Å². The molecule has 2 heterocycles. The van der Waals surface area contributed by atoms with E-state index in [4.69, 9.17) is 11.6 Å². The molecule has 0 saturated heterocycles. The van der Waals surface area contributed by atoms with E-state index in [0.29, 0.717) is 34.7 Å². The molecule has 2 aromatic heterocycles. The lowest BCUT2D eigenvalue weighted by atomic mass is 10.0. The van der Waals surface area contributed by atoms with Crippen LogP contribution >= 0.6 is 11.6 Å². The molecule has 0 saturated carbocycles. The van der Waals surface area contributed by atoms with E-state index >= 15 is 0 Å². The Kier molecular flexibility index (Phi) is 7.20. The Morgan fingerprint density at radius 3 is 2.46 bits per heavy atom. The molecule has 0 aliphatic heterocycles. The highest BCUT2D eigenvalue weighted by Crippen LogP contribution is 2.36. The lowest BCUT2D eigenvalue weighted by Crippen LogP contribution is -2.24. The van der Waals surface area contributed by atoms with Crippen molar-refractivity contribution in [1.29, 1.82) is 0 Å². The summed E-state index contributed by atoms with van der Waals surface area (Å²) in [4.78, 5) is 12.4. The Labute approximate surface area is 204 Å². The number of halogens is 4. The van der Waals surface area contributed by atoms with E-state index in [-0.39, 0.29) is 22.7 Å². The lowest BCUT2D eigenvalue weighted by molar-refractivity contribution is -0.137. The van der Waals surface area contributed by atoms with Crippen molar-refractivity contribution in [3.63, 3.8) is 0 Å². The van der Waals surface area contributed by atoms with Gasteiger partial charge in [-0.2, -0.15) is 13.2 Å². The molecule has 0 bridgehead atoms. The Morgan fingerprint density at radius 1 is 0.971 bits per heavy atom. The number of benzene rings is 2. The summed E-state index contributed by atoms with van der Waals surface area (Å²) in [5.41, 5.74) is 0.232. The van der Waals surface area contributed by atoms with Crippen LogP contribution in [-0.2, 0) is 16.2 Å². The fourth-order valence-corrected chi connectivity index (χ4v) is 4.59. The van der Waals surface area contributed by atoms with Crippen molar-refractivity contribution in [2.75, 3.05) is 17.7 Å². The van der Waals surface area contributed by atoms with Gasteiger partial charge in [-0.1, -0.05) is 6.07 Å². The Bertz CT molecular complexity index is 1450. The number of hydrogen-bond acceptors (Lipinski definition) is 6. The second kappa shape index (κ2) is 10.1. The summed E-state index contributed by atoms with van der Waals surface area (Å²) < 4.78 is 67.3. The minimum absolute atomic E-state index is 0.102. The second-order valence-electron chi connectivity index (χ2n) is 7.44. The van der Waals surface area contributed by atoms with Crippen LogP contribution in [-0.4, -0.2) is 35.8 Å². The first-order valence-corrected chi connectivity index (χ1v) is 12.4.